The van der Waals surface area contributed by atoms with E-state index >= 15 is 0 Å². The second-order valence-corrected chi connectivity index (χ2v) is 9.52. The van der Waals surface area contributed by atoms with Crippen molar-refractivity contribution in [2.24, 2.45) is 0 Å². The van der Waals surface area contributed by atoms with Crippen molar-refractivity contribution >= 4 is 17.8 Å². The zero-order valence-electron chi connectivity index (χ0n) is 20.5. The lowest BCUT2D eigenvalue weighted by Gasteiger charge is -2.35. The number of nitrogens with zero attached hydrogens (tertiary/aromatic N) is 2. The van der Waals surface area contributed by atoms with Gasteiger partial charge in [0.15, 0.2) is 0 Å². The standard InChI is InChI=1S/C27H34N2O5/c1-20(30)34-24-8-5-7-21(19-24)26(32)29-16-14-28(15-17-29)25(31)9-6-18-33-23-12-10-22(11-13-23)27(2,3)4/h5,7-8,10-13,19H,6,9,14-18H2,1-4H3. The maximum Gasteiger partial charge on any atom is 0.308 e. The minimum Gasteiger partial charge on any atom is -0.494 e. The van der Waals surface area contributed by atoms with Gasteiger partial charge < -0.3 is 19.3 Å². The highest BCUT2D eigenvalue weighted by Crippen LogP contribution is 2.24. The van der Waals surface area contributed by atoms with E-state index in [0.717, 1.165) is 5.75 Å². The van der Waals surface area contributed by atoms with Gasteiger partial charge in [0.25, 0.3) is 5.91 Å². The third kappa shape index (κ3) is 7.07. The summed E-state index contributed by atoms with van der Waals surface area (Å²) in [6.45, 7) is 10.3. The Morgan fingerprint density at radius 3 is 2.15 bits per heavy atom. The van der Waals surface area contributed by atoms with Crippen LogP contribution < -0.4 is 9.47 Å². The molecule has 1 heterocycles. The van der Waals surface area contributed by atoms with Crippen LogP contribution in [0.3, 0.4) is 0 Å². The van der Waals surface area contributed by atoms with E-state index in [9.17, 15) is 14.4 Å². The molecule has 0 unspecified atom stereocenters. The summed E-state index contributed by atoms with van der Waals surface area (Å²) >= 11 is 0. The maximum atomic E-state index is 12.8. The molecule has 1 fully saturated rings. The number of benzene rings is 2. The van der Waals surface area contributed by atoms with Crippen molar-refractivity contribution in [2.45, 2.75) is 46.0 Å². The second-order valence-electron chi connectivity index (χ2n) is 9.52. The zero-order valence-corrected chi connectivity index (χ0v) is 20.5. The molecule has 3 rings (SSSR count). The van der Waals surface area contributed by atoms with Crippen LogP contribution in [0.4, 0.5) is 0 Å². The molecule has 0 aliphatic carbocycles. The molecule has 34 heavy (non-hydrogen) atoms. The average Bonchev–Trinajstić information content (AvgIpc) is 2.81. The third-order valence-corrected chi connectivity index (χ3v) is 5.79. The molecule has 1 saturated heterocycles. The van der Waals surface area contributed by atoms with Crippen LogP contribution in [0.5, 0.6) is 11.5 Å². The van der Waals surface area contributed by atoms with Gasteiger partial charge in [0.05, 0.1) is 6.61 Å². The molecular weight excluding hydrogens is 432 g/mol. The Hall–Kier alpha value is -3.35. The predicted molar refractivity (Wildman–Crippen MR) is 130 cm³/mol. The quantitative estimate of drug-likeness (QED) is 0.350. The van der Waals surface area contributed by atoms with E-state index in [-0.39, 0.29) is 17.2 Å². The number of rotatable bonds is 7. The molecule has 2 amide bonds. The van der Waals surface area contributed by atoms with Crippen molar-refractivity contribution in [3.63, 3.8) is 0 Å². The van der Waals surface area contributed by atoms with Gasteiger partial charge in [0, 0.05) is 45.1 Å². The van der Waals surface area contributed by atoms with Gasteiger partial charge in [-0.15, -0.1) is 0 Å². The van der Waals surface area contributed by atoms with Crippen LogP contribution in [-0.4, -0.2) is 60.4 Å². The van der Waals surface area contributed by atoms with Gasteiger partial charge in [-0.3, -0.25) is 14.4 Å². The lowest BCUT2D eigenvalue weighted by atomic mass is 9.87. The summed E-state index contributed by atoms with van der Waals surface area (Å²) in [5.41, 5.74) is 1.82. The lowest BCUT2D eigenvalue weighted by Crippen LogP contribution is -2.50. The second kappa shape index (κ2) is 11.2. The fraction of sp³-hybridized carbons (Fsp3) is 0.444. The lowest BCUT2D eigenvalue weighted by molar-refractivity contribution is -0.133. The van der Waals surface area contributed by atoms with Crippen molar-refractivity contribution < 1.29 is 23.9 Å². The SMILES string of the molecule is CC(=O)Oc1cccc(C(=O)N2CCN(C(=O)CCCOc3ccc(C(C)(C)C)cc3)CC2)c1. The van der Waals surface area contributed by atoms with Gasteiger partial charge in [0.2, 0.25) is 5.91 Å². The normalized spacial score (nSPS) is 14.0. The summed E-state index contributed by atoms with van der Waals surface area (Å²) < 4.78 is 10.8. The number of hydrogen-bond donors (Lipinski definition) is 0. The van der Waals surface area contributed by atoms with Crippen molar-refractivity contribution in [2.75, 3.05) is 32.8 Å². The highest BCUT2D eigenvalue weighted by atomic mass is 16.5. The van der Waals surface area contributed by atoms with Crippen molar-refractivity contribution in [3.05, 3.63) is 59.7 Å². The van der Waals surface area contributed by atoms with E-state index in [1.54, 1.807) is 34.1 Å². The van der Waals surface area contributed by atoms with Gasteiger partial charge in [-0.05, 0) is 47.7 Å². The van der Waals surface area contributed by atoms with Crippen molar-refractivity contribution in [3.8, 4) is 11.5 Å². The first-order valence-corrected chi connectivity index (χ1v) is 11.7. The van der Waals surface area contributed by atoms with Crippen LogP contribution in [-0.2, 0) is 15.0 Å². The summed E-state index contributed by atoms with van der Waals surface area (Å²) in [5.74, 6) is 0.674. The Kier molecular flexibility index (Phi) is 8.31. The molecular formula is C27H34N2O5. The molecule has 182 valence electrons. The number of esters is 1. The van der Waals surface area contributed by atoms with Crippen LogP contribution in [0.1, 0.15) is 56.5 Å². The number of amides is 2. The van der Waals surface area contributed by atoms with Gasteiger partial charge in [0.1, 0.15) is 11.5 Å². The number of carbonyl (C=O) groups excluding carboxylic acids is 3. The predicted octanol–water partition coefficient (Wildman–Crippen LogP) is 4.05. The molecule has 7 nitrogen and oxygen atoms in total. The molecule has 0 saturated carbocycles. The van der Waals surface area contributed by atoms with Crippen LogP contribution in [0, 0.1) is 0 Å². The van der Waals surface area contributed by atoms with E-state index in [1.807, 2.05) is 12.1 Å². The summed E-state index contributed by atoms with van der Waals surface area (Å²) in [6, 6.07) is 14.7. The molecule has 7 heteroatoms. The van der Waals surface area contributed by atoms with Crippen LogP contribution in [0.15, 0.2) is 48.5 Å². The van der Waals surface area contributed by atoms with Crippen molar-refractivity contribution in [1.82, 2.24) is 9.80 Å². The first-order valence-electron chi connectivity index (χ1n) is 11.7. The van der Waals surface area contributed by atoms with Crippen LogP contribution >= 0.6 is 0 Å². The van der Waals surface area contributed by atoms with Crippen LogP contribution in [0.2, 0.25) is 0 Å². The van der Waals surface area contributed by atoms with E-state index < -0.39 is 5.97 Å². The minimum absolute atomic E-state index is 0.0793. The Balaban J connectivity index is 1.40. The van der Waals surface area contributed by atoms with E-state index in [0.29, 0.717) is 56.9 Å². The topological polar surface area (TPSA) is 76.2 Å². The fourth-order valence-electron chi connectivity index (χ4n) is 3.82. The highest BCUT2D eigenvalue weighted by Gasteiger charge is 2.25. The first kappa shape index (κ1) is 25.3. The molecule has 0 aromatic heterocycles. The molecule has 0 bridgehead atoms. The van der Waals surface area contributed by atoms with Crippen LogP contribution in [0.25, 0.3) is 0 Å². The summed E-state index contributed by atoms with van der Waals surface area (Å²) in [4.78, 5) is 40.0. The zero-order chi connectivity index (χ0) is 24.7. The van der Waals surface area contributed by atoms with Gasteiger partial charge in [-0.25, -0.2) is 0 Å². The van der Waals surface area contributed by atoms with Gasteiger partial charge in [-0.2, -0.15) is 0 Å². The molecule has 1 aliphatic heterocycles. The first-order chi connectivity index (χ1) is 16.1. The average molecular weight is 467 g/mol. The molecule has 2 aromatic rings. The Morgan fingerprint density at radius 1 is 0.882 bits per heavy atom. The number of ether oxygens (including phenoxy) is 2. The number of hydrogen-bond acceptors (Lipinski definition) is 5. The van der Waals surface area contributed by atoms with Gasteiger partial charge in [-0.1, -0.05) is 39.0 Å². The Labute approximate surface area is 201 Å². The van der Waals surface area contributed by atoms with Gasteiger partial charge >= 0.3 is 5.97 Å². The number of carbonyl (C=O) groups is 3. The molecule has 1 aliphatic rings. The maximum absolute atomic E-state index is 12.8. The number of piperazine rings is 1. The largest absolute Gasteiger partial charge is 0.494 e. The van der Waals surface area contributed by atoms with E-state index in [2.05, 4.69) is 32.9 Å². The monoisotopic (exact) mass is 466 g/mol. The van der Waals surface area contributed by atoms with E-state index in [1.165, 1.54) is 12.5 Å². The van der Waals surface area contributed by atoms with E-state index in [4.69, 9.17) is 9.47 Å². The molecule has 0 radical (unpaired) electrons. The Bertz CT molecular complexity index is 1000. The molecule has 0 N–H and O–H groups in total. The third-order valence-electron chi connectivity index (χ3n) is 5.79. The van der Waals surface area contributed by atoms with Crippen molar-refractivity contribution in [1.29, 1.82) is 0 Å². The summed E-state index contributed by atoms with van der Waals surface area (Å²) in [5, 5.41) is 0. The summed E-state index contributed by atoms with van der Waals surface area (Å²) in [6.07, 6.45) is 1.06. The smallest absolute Gasteiger partial charge is 0.308 e. The molecule has 0 spiro atoms. The minimum atomic E-state index is -0.430. The summed E-state index contributed by atoms with van der Waals surface area (Å²) in [7, 11) is 0. The highest BCUT2D eigenvalue weighted by molar-refractivity contribution is 5.95. The molecule has 2 aromatic carbocycles. The molecule has 0 atom stereocenters. The Morgan fingerprint density at radius 2 is 1.53 bits per heavy atom. The fourth-order valence-corrected chi connectivity index (χ4v) is 3.82.